The van der Waals surface area contributed by atoms with Crippen LogP contribution in [0.25, 0.3) is 6.08 Å². The maximum Gasteiger partial charge on any atom is 0.270 e. The van der Waals surface area contributed by atoms with Gasteiger partial charge in [-0.3, -0.25) is 19.1 Å². The summed E-state index contributed by atoms with van der Waals surface area (Å²) in [7, 11) is 0. The highest BCUT2D eigenvalue weighted by atomic mass is 32.2. The van der Waals surface area contributed by atoms with E-state index in [0.29, 0.717) is 27.9 Å². The van der Waals surface area contributed by atoms with Crippen LogP contribution in [0.2, 0.25) is 0 Å². The minimum absolute atomic E-state index is 0.0899. The lowest BCUT2D eigenvalue weighted by molar-refractivity contribution is -0.122. The molecular weight excluding hydrogens is 440 g/mol. The molecule has 0 atom stereocenters. The van der Waals surface area contributed by atoms with Crippen LogP contribution in [-0.4, -0.2) is 39.3 Å². The molecule has 2 aliphatic heterocycles. The molecule has 1 aromatic rings. The number of nitrogens with zero attached hydrogens (tertiary/aromatic N) is 4. The van der Waals surface area contributed by atoms with Crippen molar-refractivity contribution in [3.63, 3.8) is 0 Å². The largest absolute Gasteiger partial charge is 0.357 e. The summed E-state index contributed by atoms with van der Waals surface area (Å²) in [6.07, 6.45) is 8.99. The summed E-state index contributed by atoms with van der Waals surface area (Å²) in [4.78, 5) is 30.9. The van der Waals surface area contributed by atoms with Crippen molar-refractivity contribution < 1.29 is 4.79 Å². The minimum Gasteiger partial charge on any atom is -0.357 e. The Morgan fingerprint density at radius 1 is 1.09 bits per heavy atom. The standard InChI is InChI=1S/C24H32N4O2S2/c1-4-6-14-27-21(26-12-9-7-8-10-13-26)18(17(3)19(16-25)22(27)29)15-20-23(30)28(11-5-2)24(31)32-20/h15H,4-14H2,1-3H3/b20-15-. The van der Waals surface area contributed by atoms with Crippen LogP contribution >= 0.6 is 24.0 Å². The third-order valence-corrected chi connectivity index (χ3v) is 7.46. The molecule has 2 fully saturated rings. The molecule has 0 saturated carbocycles. The predicted molar refractivity (Wildman–Crippen MR) is 136 cm³/mol. The lowest BCUT2D eigenvalue weighted by atomic mass is 10.0. The van der Waals surface area contributed by atoms with E-state index in [-0.39, 0.29) is 17.0 Å². The first-order valence-corrected chi connectivity index (χ1v) is 12.8. The normalized spacial score (nSPS) is 18.4. The van der Waals surface area contributed by atoms with Crippen molar-refractivity contribution in [3.05, 3.63) is 31.9 Å². The Labute approximate surface area is 200 Å². The molecule has 32 heavy (non-hydrogen) atoms. The van der Waals surface area contributed by atoms with E-state index < -0.39 is 0 Å². The lowest BCUT2D eigenvalue weighted by Gasteiger charge is -2.29. The number of rotatable bonds is 7. The average Bonchev–Trinajstić information content (AvgIpc) is 2.96. The first-order chi connectivity index (χ1) is 15.4. The number of aromatic nitrogens is 1. The number of carbonyl (C=O) groups is 1. The van der Waals surface area contributed by atoms with Crippen LogP contribution in [0.15, 0.2) is 9.70 Å². The summed E-state index contributed by atoms with van der Waals surface area (Å²) >= 11 is 6.75. The van der Waals surface area contributed by atoms with Crippen molar-refractivity contribution in [1.29, 1.82) is 5.26 Å². The van der Waals surface area contributed by atoms with E-state index in [0.717, 1.165) is 56.6 Å². The molecule has 8 heteroatoms. The van der Waals surface area contributed by atoms with E-state index in [9.17, 15) is 14.9 Å². The van der Waals surface area contributed by atoms with Crippen molar-refractivity contribution in [3.8, 4) is 6.07 Å². The molecule has 0 bridgehead atoms. The fraction of sp³-hybridized carbons (Fsp3) is 0.583. The summed E-state index contributed by atoms with van der Waals surface area (Å²) in [6, 6.07) is 2.13. The maximum atomic E-state index is 13.3. The van der Waals surface area contributed by atoms with Gasteiger partial charge in [0.2, 0.25) is 0 Å². The van der Waals surface area contributed by atoms with Gasteiger partial charge in [-0.15, -0.1) is 0 Å². The van der Waals surface area contributed by atoms with E-state index in [1.165, 1.54) is 24.6 Å². The number of pyridine rings is 1. The van der Waals surface area contributed by atoms with Crippen molar-refractivity contribution >= 4 is 46.1 Å². The smallest absolute Gasteiger partial charge is 0.270 e. The second-order valence-corrected chi connectivity index (χ2v) is 10.1. The summed E-state index contributed by atoms with van der Waals surface area (Å²) < 4.78 is 2.34. The summed E-state index contributed by atoms with van der Waals surface area (Å²) in [6.45, 7) is 8.84. The predicted octanol–water partition coefficient (Wildman–Crippen LogP) is 4.82. The van der Waals surface area contributed by atoms with Crippen molar-refractivity contribution in [2.45, 2.75) is 72.3 Å². The van der Waals surface area contributed by atoms with Crippen LogP contribution in [0.3, 0.4) is 0 Å². The molecule has 3 rings (SSSR count). The fourth-order valence-corrected chi connectivity index (χ4v) is 5.63. The molecule has 0 unspecified atom stereocenters. The number of carbonyl (C=O) groups excluding carboxylic acids is 1. The third kappa shape index (κ3) is 4.94. The molecule has 1 aromatic heterocycles. The molecule has 1 amide bonds. The van der Waals surface area contributed by atoms with Gasteiger partial charge < -0.3 is 4.90 Å². The van der Waals surface area contributed by atoms with Crippen molar-refractivity contribution in [2.24, 2.45) is 0 Å². The third-order valence-electron chi connectivity index (χ3n) is 6.08. The highest BCUT2D eigenvalue weighted by Crippen LogP contribution is 2.36. The van der Waals surface area contributed by atoms with E-state index >= 15 is 0 Å². The van der Waals surface area contributed by atoms with Crippen LogP contribution < -0.4 is 10.5 Å². The Balaban J connectivity index is 2.23. The van der Waals surface area contributed by atoms with Crippen molar-refractivity contribution in [1.82, 2.24) is 9.47 Å². The highest BCUT2D eigenvalue weighted by Gasteiger charge is 2.32. The second-order valence-electron chi connectivity index (χ2n) is 8.39. The Morgan fingerprint density at radius 2 is 1.78 bits per heavy atom. The van der Waals surface area contributed by atoms with Crippen LogP contribution in [0.5, 0.6) is 0 Å². The number of hydrogen-bond acceptors (Lipinski definition) is 6. The molecule has 2 saturated heterocycles. The Hall–Kier alpha value is -2.11. The zero-order valence-corrected chi connectivity index (χ0v) is 20.9. The van der Waals surface area contributed by atoms with Crippen LogP contribution in [0.4, 0.5) is 5.82 Å². The zero-order valence-electron chi connectivity index (χ0n) is 19.3. The number of thioether (sulfide) groups is 1. The number of unbranched alkanes of at least 4 members (excludes halogenated alkanes) is 1. The topological polar surface area (TPSA) is 69.3 Å². The number of hydrogen-bond donors (Lipinski definition) is 0. The van der Waals surface area contributed by atoms with Gasteiger partial charge in [0.25, 0.3) is 11.5 Å². The first kappa shape index (κ1) is 24.5. The molecular formula is C24H32N4O2S2. The SMILES string of the molecule is CCCCn1c(N2CCCCCC2)c(/C=C2\SC(=S)N(CCC)C2=O)c(C)c(C#N)c1=O. The maximum absolute atomic E-state index is 13.3. The lowest BCUT2D eigenvalue weighted by Crippen LogP contribution is -2.35. The van der Waals surface area contributed by atoms with E-state index in [4.69, 9.17) is 12.2 Å². The van der Waals surface area contributed by atoms with E-state index in [1.807, 2.05) is 19.9 Å². The molecule has 0 spiro atoms. The second kappa shape index (κ2) is 11.2. The fourth-order valence-electron chi connectivity index (χ4n) is 4.34. The zero-order chi connectivity index (χ0) is 23.3. The monoisotopic (exact) mass is 472 g/mol. The number of amides is 1. The van der Waals surface area contributed by atoms with Gasteiger partial charge in [-0.2, -0.15) is 5.26 Å². The molecule has 0 aliphatic carbocycles. The highest BCUT2D eigenvalue weighted by molar-refractivity contribution is 8.26. The minimum atomic E-state index is -0.228. The van der Waals surface area contributed by atoms with Gasteiger partial charge in [-0.25, -0.2) is 0 Å². The summed E-state index contributed by atoms with van der Waals surface area (Å²) in [5, 5.41) is 9.79. The molecule has 172 valence electrons. The molecule has 3 heterocycles. The average molecular weight is 473 g/mol. The Morgan fingerprint density at radius 3 is 2.38 bits per heavy atom. The summed E-state index contributed by atoms with van der Waals surface area (Å²) in [5.41, 5.74) is 1.38. The van der Waals surface area contributed by atoms with Gasteiger partial charge in [0, 0.05) is 31.7 Å². The van der Waals surface area contributed by atoms with Gasteiger partial charge in [-0.05, 0) is 44.2 Å². The van der Waals surface area contributed by atoms with Crippen LogP contribution in [0.1, 0.15) is 75.5 Å². The quantitative estimate of drug-likeness (QED) is 0.419. The Kier molecular flexibility index (Phi) is 8.55. The van der Waals surface area contributed by atoms with Gasteiger partial charge in [0.15, 0.2) is 0 Å². The number of thiocarbonyl (C=S) groups is 1. The first-order valence-electron chi connectivity index (χ1n) is 11.6. The molecule has 2 aliphatic rings. The number of nitriles is 1. The van der Waals surface area contributed by atoms with Gasteiger partial charge in [0.1, 0.15) is 21.8 Å². The van der Waals surface area contributed by atoms with Gasteiger partial charge in [-0.1, -0.05) is 57.1 Å². The summed E-state index contributed by atoms with van der Waals surface area (Å²) in [5.74, 6) is 0.760. The van der Waals surface area contributed by atoms with Gasteiger partial charge in [0.05, 0.1) is 4.91 Å². The van der Waals surface area contributed by atoms with E-state index in [1.54, 1.807) is 9.47 Å². The van der Waals surface area contributed by atoms with Gasteiger partial charge >= 0.3 is 0 Å². The van der Waals surface area contributed by atoms with Crippen LogP contribution in [0, 0.1) is 18.3 Å². The van der Waals surface area contributed by atoms with Crippen LogP contribution in [-0.2, 0) is 11.3 Å². The molecule has 6 nitrogen and oxygen atoms in total. The molecule has 0 radical (unpaired) electrons. The molecule has 0 aromatic carbocycles. The molecule has 0 N–H and O–H groups in total. The Bertz CT molecular complexity index is 1010. The number of anilines is 1. The van der Waals surface area contributed by atoms with E-state index in [2.05, 4.69) is 17.9 Å². The van der Waals surface area contributed by atoms with Crippen molar-refractivity contribution in [2.75, 3.05) is 24.5 Å².